The molecule has 0 amide bonds. The summed E-state index contributed by atoms with van der Waals surface area (Å²) >= 11 is 0. The Morgan fingerprint density at radius 3 is 2.61 bits per heavy atom. The SMILES string of the molecule is CC/N=C(\C(N)=N/C)c1ccc(C(=O)O)c(F)c1. The van der Waals surface area contributed by atoms with Gasteiger partial charge >= 0.3 is 5.97 Å². The Balaban J connectivity index is 3.28. The molecule has 0 aliphatic carbocycles. The number of carbonyl (C=O) groups is 1. The molecule has 0 atom stereocenters. The van der Waals surface area contributed by atoms with Crippen LogP contribution in [0.4, 0.5) is 4.39 Å². The van der Waals surface area contributed by atoms with Crippen molar-refractivity contribution in [3.05, 3.63) is 35.1 Å². The highest BCUT2D eigenvalue weighted by Crippen LogP contribution is 2.12. The third kappa shape index (κ3) is 2.91. The second-order valence-electron chi connectivity index (χ2n) is 3.43. The third-order valence-corrected chi connectivity index (χ3v) is 2.27. The molecule has 0 aromatic heterocycles. The van der Waals surface area contributed by atoms with Crippen molar-refractivity contribution in [2.24, 2.45) is 15.7 Å². The number of benzene rings is 1. The lowest BCUT2D eigenvalue weighted by molar-refractivity contribution is 0.0692. The van der Waals surface area contributed by atoms with Gasteiger partial charge in [-0.2, -0.15) is 0 Å². The van der Waals surface area contributed by atoms with E-state index in [-0.39, 0.29) is 11.4 Å². The molecular formula is C12H14FN3O2. The first kappa shape index (κ1) is 13.8. The number of nitrogens with zero attached hydrogens (tertiary/aromatic N) is 2. The Morgan fingerprint density at radius 2 is 2.17 bits per heavy atom. The van der Waals surface area contributed by atoms with Gasteiger partial charge in [-0.25, -0.2) is 9.18 Å². The summed E-state index contributed by atoms with van der Waals surface area (Å²) in [6.07, 6.45) is 0. The summed E-state index contributed by atoms with van der Waals surface area (Å²) in [7, 11) is 1.50. The molecule has 0 aliphatic heterocycles. The van der Waals surface area contributed by atoms with E-state index in [9.17, 15) is 9.18 Å². The summed E-state index contributed by atoms with van der Waals surface area (Å²) < 4.78 is 13.6. The number of carboxylic acids is 1. The Kier molecular flexibility index (Phi) is 4.53. The third-order valence-electron chi connectivity index (χ3n) is 2.27. The fourth-order valence-electron chi connectivity index (χ4n) is 1.42. The van der Waals surface area contributed by atoms with Gasteiger partial charge in [0.05, 0.1) is 5.56 Å². The van der Waals surface area contributed by atoms with Gasteiger partial charge < -0.3 is 10.8 Å². The Labute approximate surface area is 104 Å². The predicted octanol–water partition coefficient (Wildman–Crippen LogP) is 1.32. The number of amidine groups is 1. The van der Waals surface area contributed by atoms with Gasteiger partial charge in [0.1, 0.15) is 17.4 Å². The van der Waals surface area contributed by atoms with Crippen LogP contribution in [0.5, 0.6) is 0 Å². The quantitative estimate of drug-likeness (QED) is 0.624. The molecule has 96 valence electrons. The van der Waals surface area contributed by atoms with Crippen LogP contribution in [0.25, 0.3) is 0 Å². The van der Waals surface area contributed by atoms with Crippen molar-refractivity contribution in [2.75, 3.05) is 13.6 Å². The molecule has 5 nitrogen and oxygen atoms in total. The average molecular weight is 251 g/mol. The maximum Gasteiger partial charge on any atom is 0.338 e. The molecule has 1 aromatic rings. The normalized spacial score (nSPS) is 12.6. The van der Waals surface area contributed by atoms with Crippen LogP contribution in [0, 0.1) is 5.82 Å². The van der Waals surface area contributed by atoms with E-state index in [0.717, 1.165) is 6.07 Å². The minimum atomic E-state index is -1.31. The van der Waals surface area contributed by atoms with Crippen molar-refractivity contribution in [3.8, 4) is 0 Å². The van der Waals surface area contributed by atoms with E-state index in [1.165, 1.54) is 19.2 Å². The minimum absolute atomic E-state index is 0.180. The Morgan fingerprint density at radius 1 is 1.50 bits per heavy atom. The van der Waals surface area contributed by atoms with E-state index >= 15 is 0 Å². The van der Waals surface area contributed by atoms with Crippen LogP contribution in [0.15, 0.2) is 28.2 Å². The molecule has 0 saturated heterocycles. The molecule has 0 spiro atoms. The van der Waals surface area contributed by atoms with Crippen LogP contribution in [0.1, 0.15) is 22.8 Å². The lowest BCUT2D eigenvalue weighted by atomic mass is 10.1. The lowest BCUT2D eigenvalue weighted by Crippen LogP contribution is -2.25. The largest absolute Gasteiger partial charge is 0.478 e. The lowest BCUT2D eigenvalue weighted by Gasteiger charge is -2.07. The van der Waals surface area contributed by atoms with Crippen LogP contribution < -0.4 is 5.73 Å². The molecule has 0 fully saturated rings. The Hall–Kier alpha value is -2.24. The molecule has 18 heavy (non-hydrogen) atoms. The summed E-state index contributed by atoms with van der Waals surface area (Å²) in [6, 6.07) is 3.73. The fourth-order valence-corrected chi connectivity index (χ4v) is 1.42. The first-order valence-electron chi connectivity index (χ1n) is 5.31. The van der Waals surface area contributed by atoms with Crippen molar-refractivity contribution < 1.29 is 14.3 Å². The van der Waals surface area contributed by atoms with Crippen molar-refractivity contribution >= 4 is 17.5 Å². The van der Waals surface area contributed by atoms with Gasteiger partial charge in [0.15, 0.2) is 0 Å². The number of aliphatic imine (C=N–C) groups is 2. The minimum Gasteiger partial charge on any atom is -0.478 e. The van der Waals surface area contributed by atoms with Crippen molar-refractivity contribution in [1.29, 1.82) is 0 Å². The monoisotopic (exact) mass is 251 g/mol. The maximum absolute atomic E-state index is 13.6. The van der Waals surface area contributed by atoms with Crippen LogP contribution in [-0.4, -0.2) is 36.2 Å². The number of nitrogens with two attached hydrogens (primary N) is 1. The molecule has 0 radical (unpaired) electrons. The van der Waals surface area contributed by atoms with Gasteiger partial charge in [0.25, 0.3) is 0 Å². The first-order valence-corrected chi connectivity index (χ1v) is 5.31. The standard InChI is InChI=1S/C12H14FN3O2/c1-3-16-10(11(14)15-2)7-4-5-8(12(17)18)9(13)6-7/h4-6H,3H2,1-2H3,(H2,14,15)(H,17,18)/b16-10-. The Bertz CT molecular complexity index is 524. The van der Waals surface area contributed by atoms with Crippen molar-refractivity contribution in [3.63, 3.8) is 0 Å². The van der Waals surface area contributed by atoms with E-state index < -0.39 is 11.8 Å². The van der Waals surface area contributed by atoms with E-state index in [4.69, 9.17) is 10.8 Å². The summed E-state index contributed by atoms with van der Waals surface area (Å²) in [5, 5.41) is 8.74. The first-order chi connectivity index (χ1) is 8.51. The number of rotatable bonds is 4. The summed E-state index contributed by atoms with van der Waals surface area (Å²) in [6.45, 7) is 2.28. The van der Waals surface area contributed by atoms with Gasteiger partial charge in [-0.05, 0) is 19.1 Å². The van der Waals surface area contributed by atoms with E-state index in [1.807, 2.05) is 6.92 Å². The van der Waals surface area contributed by atoms with Crippen LogP contribution in [-0.2, 0) is 0 Å². The van der Waals surface area contributed by atoms with Crippen LogP contribution >= 0.6 is 0 Å². The molecule has 0 unspecified atom stereocenters. The highest BCUT2D eigenvalue weighted by atomic mass is 19.1. The fraction of sp³-hybridized carbons (Fsp3) is 0.250. The van der Waals surface area contributed by atoms with Gasteiger partial charge in [-0.15, -0.1) is 0 Å². The number of hydrogen-bond acceptors (Lipinski definition) is 3. The molecule has 0 aliphatic rings. The van der Waals surface area contributed by atoms with Crippen LogP contribution in [0.3, 0.4) is 0 Å². The van der Waals surface area contributed by atoms with Gasteiger partial charge in [0, 0.05) is 19.2 Å². The average Bonchev–Trinajstić information content (AvgIpc) is 2.34. The molecule has 6 heteroatoms. The predicted molar refractivity (Wildman–Crippen MR) is 68.0 cm³/mol. The topological polar surface area (TPSA) is 88.0 Å². The zero-order valence-electron chi connectivity index (χ0n) is 10.1. The highest BCUT2D eigenvalue weighted by molar-refractivity contribution is 6.47. The molecule has 0 bridgehead atoms. The van der Waals surface area contributed by atoms with Crippen molar-refractivity contribution in [1.82, 2.24) is 0 Å². The molecular weight excluding hydrogens is 237 g/mol. The smallest absolute Gasteiger partial charge is 0.338 e. The number of carboxylic acid groups (broad SMARTS) is 1. The molecule has 1 rings (SSSR count). The number of aromatic carboxylic acids is 1. The summed E-state index contributed by atoms with van der Waals surface area (Å²) in [5.41, 5.74) is 6.04. The second-order valence-corrected chi connectivity index (χ2v) is 3.43. The van der Waals surface area contributed by atoms with E-state index in [2.05, 4.69) is 9.98 Å². The zero-order chi connectivity index (χ0) is 13.7. The molecule has 1 aromatic carbocycles. The van der Waals surface area contributed by atoms with Gasteiger partial charge in [-0.3, -0.25) is 9.98 Å². The number of hydrogen-bond donors (Lipinski definition) is 2. The molecule has 3 N–H and O–H groups in total. The number of halogens is 1. The van der Waals surface area contributed by atoms with Gasteiger partial charge in [-0.1, -0.05) is 6.07 Å². The summed E-state index contributed by atoms with van der Waals surface area (Å²) in [4.78, 5) is 18.6. The van der Waals surface area contributed by atoms with Crippen LogP contribution in [0.2, 0.25) is 0 Å². The summed E-state index contributed by atoms with van der Waals surface area (Å²) in [5.74, 6) is -1.96. The van der Waals surface area contributed by atoms with E-state index in [1.54, 1.807) is 0 Å². The van der Waals surface area contributed by atoms with Gasteiger partial charge in [0.2, 0.25) is 0 Å². The van der Waals surface area contributed by atoms with E-state index in [0.29, 0.717) is 17.8 Å². The zero-order valence-corrected chi connectivity index (χ0v) is 10.1. The second kappa shape index (κ2) is 5.90. The highest BCUT2D eigenvalue weighted by Gasteiger charge is 2.14. The molecule has 0 heterocycles. The maximum atomic E-state index is 13.6. The molecule has 0 saturated carbocycles. The van der Waals surface area contributed by atoms with Crippen molar-refractivity contribution in [2.45, 2.75) is 6.92 Å².